The minimum absolute atomic E-state index is 0.0777. The molecule has 0 aromatic heterocycles. The first-order chi connectivity index (χ1) is 11.1. The summed E-state index contributed by atoms with van der Waals surface area (Å²) in [7, 11) is 0. The molecule has 1 heterocycles. The van der Waals surface area contributed by atoms with Crippen molar-refractivity contribution in [1.82, 2.24) is 4.90 Å². The lowest BCUT2D eigenvalue weighted by molar-refractivity contribution is -0.153. The molecule has 4 nitrogen and oxygen atoms in total. The van der Waals surface area contributed by atoms with Gasteiger partial charge in [-0.05, 0) is 32.3 Å². The average molecular weight is 317 g/mol. The van der Waals surface area contributed by atoms with Crippen LogP contribution in [0.4, 0.5) is 0 Å². The van der Waals surface area contributed by atoms with Crippen molar-refractivity contribution in [2.45, 2.75) is 57.6 Å². The number of benzene rings is 1. The van der Waals surface area contributed by atoms with Gasteiger partial charge in [-0.25, -0.2) is 0 Å². The van der Waals surface area contributed by atoms with E-state index >= 15 is 0 Å². The highest BCUT2D eigenvalue weighted by Crippen LogP contribution is 2.50. The fourth-order valence-corrected chi connectivity index (χ4v) is 4.43. The van der Waals surface area contributed by atoms with Gasteiger partial charge in [0.2, 0.25) is 5.91 Å². The number of fused-ring (bicyclic) bond motifs is 1. The van der Waals surface area contributed by atoms with Gasteiger partial charge in [-0.1, -0.05) is 31.0 Å². The molecule has 2 fully saturated rings. The zero-order chi connectivity index (χ0) is 16.4. The van der Waals surface area contributed by atoms with Gasteiger partial charge in [0, 0.05) is 24.9 Å². The summed E-state index contributed by atoms with van der Waals surface area (Å²) in [5, 5.41) is 11.2. The van der Waals surface area contributed by atoms with E-state index in [1.807, 2.05) is 36.1 Å². The second-order valence-corrected chi connectivity index (χ2v) is 6.83. The normalized spacial score (nSPS) is 30.7. The maximum Gasteiger partial charge on any atom is 0.219 e. The van der Waals surface area contributed by atoms with Gasteiger partial charge < -0.3 is 14.7 Å². The van der Waals surface area contributed by atoms with E-state index in [2.05, 4.69) is 0 Å². The molecule has 0 unspecified atom stereocenters. The lowest BCUT2D eigenvalue weighted by Crippen LogP contribution is -2.55. The van der Waals surface area contributed by atoms with Crippen molar-refractivity contribution in [3.05, 3.63) is 29.8 Å². The van der Waals surface area contributed by atoms with Crippen LogP contribution in [-0.2, 0) is 4.79 Å². The van der Waals surface area contributed by atoms with Crippen LogP contribution in [-0.4, -0.2) is 34.7 Å². The number of rotatable bonds is 3. The number of hydrogen-bond acceptors (Lipinski definition) is 3. The molecule has 3 rings (SSSR count). The van der Waals surface area contributed by atoms with Crippen LogP contribution >= 0.6 is 0 Å². The number of likely N-dealkylation sites (tertiary alicyclic amines) is 1. The number of carbonyl (C=O) groups excluding carboxylic acids is 1. The zero-order valence-corrected chi connectivity index (χ0v) is 14.1. The average Bonchev–Trinajstić information content (AvgIpc) is 2.54. The van der Waals surface area contributed by atoms with Crippen molar-refractivity contribution < 1.29 is 14.6 Å². The second kappa shape index (κ2) is 6.52. The van der Waals surface area contributed by atoms with Gasteiger partial charge >= 0.3 is 0 Å². The van der Waals surface area contributed by atoms with E-state index in [1.54, 1.807) is 6.92 Å². The summed E-state index contributed by atoms with van der Waals surface area (Å²) in [4.78, 5) is 14.2. The smallest absolute Gasteiger partial charge is 0.219 e. The summed E-state index contributed by atoms with van der Waals surface area (Å²) in [5.41, 5.74) is 0.392. The minimum atomic E-state index is -0.645. The Kier molecular flexibility index (Phi) is 4.62. The Morgan fingerprint density at radius 1 is 1.35 bits per heavy atom. The molecule has 1 saturated heterocycles. The Morgan fingerprint density at radius 2 is 2.13 bits per heavy atom. The third kappa shape index (κ3) is 2.97. The van der Waals surface area contributed by atoms with Crippen LogP contribution in [0.5, 0.6) is 5.75 Å². The molecule has 0 radical (unpaired) electrons. The molecule has 1 saturated carbocycles. The molecule has 0 bridgehead atoms. The Labute approximate surface area is 138 Å². The Hall–Kier alpha value is -1.55. The topological polar surface area (TPSA) is 49.8 Å². The van der Waals surface area contributed by atoms with Gasteiger partial charge in [-0.15, -0.1) is 0 Å². The van der Waals surface area contributed by atoms with Crippen molar-refractivity contribution in [3.8, 4) is 5.75 Å². The second-order valence-electron chi connectivity index (χ2n) is 6.83. The predicted octanol–water partition coefficient (Wildman–Crippen LogP) is 3.30. The van der Waals surface area contributed by atoms with Crippen molar-refractivity contribution in [3.63, 3.8) is 0 Å². The van der Waals surface area contributed by atoms with Crippen LogP contribution < -0.4 is 4.74 Å². The first-order valence-corrected chi connectivity index (χ1v) is 8.78. The molecule has 0 spiro atoms. The highest BCUT2D eigenvalue weighted by Gasteiger charge is 2.50. The third-order valence-corrected chi connectivity index (χ3v) is 5.51. The SMILES string of the molecule is CCOc1ccccc1[C@@H]1[C@H]2CCCC[C@@]2(O)CCN1C(C)=O. The highest BCUT2D eigenvalue weighted by molar-refractivity contribution is 5.74. The molecule has 4 heteroatoms. The van der Waals surface area contributed by atoms with Gasteiger partial charge in [0.25, 0.3) is 0 Å². The van der Waals surface area contributed by atoms with Crippen molar-refractivity contribution in [2.24, 2.45) is 5.92 Å². The molecule has 1 aromatic rings. The number of amides is 1. The van der Waals surface area contributed by atoms with Crippen LogP contribution in [0, 0.1) is 5.92 Å². The minimum Gasteiger partial charge on any atom is -0.494 e. The lowest BCUT2D eigenvalue weighted by Gasteiger charge is -2.52. The predicted molar refractivity (Wildman–Crippen MR) is 89.3 cm³/mol. The lowest BCUT2D eigenvalue weighted by atomic mass is 9.66. The standard InChI is InChI=1S/C19H27NO3/c1-3-23-17-10-5-4-8-15(17)18-16-9-6-7-11-19(16,22)12-13-20(18)14(2)21/h4-5,8,10,16,18,22H,3,6-7,9,11-13H2,1-2H3/t16-,18-,19-/m1/s1. The highest BCUT2D eigenvalue weighted by atomic mass is 16.5. The molecular weight excluding hydrogens is 290 g/mol. The van der Waals surface area contributed by atoms with Crippen molar-refractivity contribution >= 4 is 5.91 Å². The number of piperidine rings is 1. The number of carbonyl (C=O) groups is 1. The van der Waals surface area contributed by atoms with Gasteiger partial charge in [0.1, 0.15) is 5.75 Å². The maximum absolute atomic E-state index is 12.2. The zero-order valence-electron chi connectivity index (χ0n) is 14.1. The van der Waals surface area contributed by atoms with Crippen LogP contribution in [0.2, 0.25) is 0 Å². The number of para-hydroxylation sites is 1. The Balaban J connectivity index is 2.05. The van der Waals surface area contributed by atoms with Crippen molar-refractivity contribution in [1.29, 1.82) is 0 Å². The quantitative estimate of drug-likeness (QED) is 0.930. The van der Waals surface area contributed by atoms with Crippen LogP contribution in [0.15, 0.2) is 24.3 Å². The Bertz CT molecular complexity index is 573. The number of nitrogens with zero attached hydrogens (tertiary/aromatic N) is 1. The van der Waals surface area contributed by atoms with Crippen LogP contribution in [0.3, 0.4) is 0 Å². The van der Waals surface area contributed by atoms with Crippen molar-refractivity contribution in [2.75, 3.05) is 13.2 Å². The van der Waals surface area contributed by atoms with Gasteiger partial charge in [0.15, 0.2) is 0 Å². The monoisotopic (exact) mass is 317 g/mol. The first kappa shape index (κ1) is 16.3. The molecule has 3 atom stereocenters. The van der Waals surface area contributed by atoms with E-state index in [9.17, 15) is 9.90 Å². The van der Waals surface area contributed by atoms with E-state index < -0.39 is 5.60 Å². The molecule has 1 aromatic carbocycles. The number of aliphatic hydroxyl groups is 1. The van der Waals surface area contributed by atoms with E-state index in [-0.39, 0.29) is 17.9 Å². The third-order valence-electron chi connectivity index (χ3n) is 5.51. The molecule has 1 amide bonds. The first-order valence-electron chi connectivity index (χ1n) is 8.78. The maximum atomic E-state index is 12.2. The molecule has 2 aliphatic rings. The van der Waals surface area contributed by atoms with E-state index in [1.165, 1.54) is 0 Å². The fourth-order valence-electron chi connectivity index (χ4n) is 4.43. The van der Waals surface area contributed by atoms with Gasteiger partial charge in [-0.3, -0.25) is 4.79 Å². The molecule has 1 N–H and O–H groups in total. The van der Waals surface area contributed by atoms with Gasteiger partial charge in [-0.2, -0.15) is 0 Å². The summed E-state index contributed by atoms with van der Waals surface area (Å²) < 4.78 is 5.81. The van der Waals surface area contributed by atoms with E-state index in [4.69, 9.17) is 4.74 Å². The van der Waals surface area contributed by atoms with Gasteiger partial charge in [0.05, 0.1) is 18.2 Å². The van der Waals surface area contributed by atoms with E-state index in [0.29, 0.717) is 19.6 Å². The van der Waals surface area contributed by atoms with E-state index in [0.717, 1.165) is 37.0 Å². The largest absolute Gasteiger partial charge is 0.494 e. The Morgan fingerprint density at radius 3 is 2.87 bits per heavy atom. The summed E-state index contributed by atoms with van der Waals surface area (Å²) in [6.07, 6.45) is 4.69. The summed E-state index contributed by atoms with van der Waals surface area (Å²) >= 11 is 0. The fraction of sp³-hybridized carbons (Fsp3) is 0.632. The van der Waals surface area contributed by atoms with Crippen LogP contribution in [0.25, 0.3) is 0 Å². The summed E-state index contributed by atoms with van der Waals surface area (Å²) in [5.74, 6) is 1.01. The molecule has 126 valence electrons. The summed E-state index contributed by atoms with van der Waals surface area (Å²) in [6.45, 7) is 4.81. The number of hydrogen-bond donors (Lipinski definition) is 1. The molecule has 1 aliphatic heterocycles. The molecule has 1 aliphatic carbocycles. The van der Waals surface area contributed by atoms with Crippen LogP contribution in [0.1, 0.15) is 57.6 Å². The molecular formula is C19H27NO3. The summed E-state index contributed by atoms with van der Waals surface area (Å²) in [6, 6.07) is 7.88. The number of ether oxygens (including phenoxy) is 1. The molecule has 23 heavy (non-hydrogen) atoms.